The van der Waals surface area contributed by atoms with Crippen LogP contribution < -0.4 is 11.1 Å². The van der Waals surface area contributed by atoms with Gasteiger partial charge in [0, 0.05) is 13.1 Å². The third kappa shape index (κ3) is 6.44. The second-order valence-corrected chi connectivity index (χ2v) is 20.0. The lowest BCUT2D eigenvalue weighted by atomic mass is 9.64. The molecule has 10 unspecified atom stereocenters. The van der Waals surface area contributed by atoms with Crippen molar-refractivity contribution in [3.8, 4) is 0 Å². The van der Waals surface area contributed by atoms with Gasteiger partial charge in [0.2, 0.25) is 11.8 Å². The molecule has 3 amide bonds. The van der Waals surface area contributed by atoms with E-state index >= 15 is 0 Å². The quantitative estimate of drug-likeness (QED) is 0.190. The molecule has 5 N–H and O–H groups in total. The van der Waals surface area contributed by atoms with E-state index in [2.05, 4.69) is 33.6 Å². The van der Waals surface area contributed by atoms with Gasteiger partial charge in [0.25, 0.3) is 0 Å². The van der Waals surface area contributed by atoms with Crippen molar-refractivity contribution in [2.75, 3.05) is 20.2 Å². The van der Waals surface area contributed by atoms with Crippen LogP contribution in [0.25, 0.3) is 11.1 Å². The summed E-state index contributed by atoms with van der Waals surface area (Å²) in [6.07, 6.45) is 21.8. The molecule has 8 aliphatic rings. The van der Waals surface area contributed by atoms with E-state index in [-0.39, 0.29) is 35.7 Å². The molecule has 0 aromatic carbocycles. The number of amides is 3. The lowest BCUT2D eigenvalue weighted by Gasteiger charge is -2.40. The maximum Gasteiger partial charge on any atom is 0.407 e. The summed E-state index contributed by atoms with van der Waals surface area (Å²) < 4.78 is 4.85. The Hall–Kier alpha value is -4.45. The first kappa shape index (κ1) is 39.7. The first-order chi connectivity index (χ1) is 29.0. The second kappa shape index (κ2) is 15.5. The molecular weight excluding hydrogens is 753 g/mol. The predicted molar refractivity (Wildman–Crippen MR) is 229 cm³/mol. The molecule has 0 spiro atoms. The van der Waals surface area contributed by atoms with E-state index in [1.165, 1.54) is 56.8 Å². The number of nitrogens with zero attached hydrogens (tertiary/aromatic N) is 4. The number of hydrogen-bond acceptors (Lipinski definition) is 7. The van der Waals surface area contributed by atoms with E-state index in [1.54, 1.807) is 22.3 Å². The van der Waals surface area contributed by atoms with Crippen LogP contribution in [0, 0.1) is 47.3 Å². The molecule has 320 valence electrons. The minimum atomic E-state index is -0.658. The third-order valence-electron chi connectivity index (χ3n) is 16.2. The van der Waals surface area contributed by atoms with Crippen LogP contribution in [0.1, 0.15) is 140 Å². The van der Waals surface area contributed by atoms with Crippen LogP contribution in [-0.4, -0.2) is 79.9 Å². The smallest absolute Gasteiger partial charge is 0.407 e. The van der Waals surface area contributed by atoms with Crippen molar-refractivity contribution < 1.29 is 19.1 Å². The molecule has 4 saturated carbocycles. The number of allylic oxidation sites excluding steroid dienone is 8. The number of likely N-dealkylation sites (tertiary alicyclic amines) is 2. The van der Waals surface area contributed by atoms with Crippen molar-refractivity contribution in [1.29, 1.82) is 0 Å². The summed E-state index contributed by atoms with van der Waals surface area (Å²) in [6, 6.07) is -1.35. The Balaban J connectivity index is 0.953. The molecule has 6 fully saturated rings. The zero-order chi connectivity index (χ0) is 41.6. The second-order valence-electron chi connectivity index (χ2n) is 20.0. The SMILES string of the molecule is COC(=O)NC(C(=O)N1CCCC1c1ncc(C2=CC=C(C3=C4C(=C(c5cnc(C6CCCN6C(=O)C(N)C(C)C)[nH]5)CC3)C3CCC4C3)C3C4CCC(C4)C23)[nH]1)C(C)C. The number of methoxy groups -OCH3 is 1. The lowest BCUT2D eigenvalue weighted by Crippen LogP contribution is -2.51. The van der Waals surface area contributed by atoms with Gasteiger partial charge in [-0.25, -0.2) is 14.8 Å². The highest BCUT2D eigenvalue weighted by atomic mass is 16.5. The first-order valence-corrected chi connectivity index (χ1v) is 23.2. The summed E-state index contributed by atoms with van der Waals surface area (Å²) in [7, 11) is 1.33. The molecular formula is C48H64N8O4. The number of hydrogen-bond donors (Lipinski definition) is 4. The molecule has 2 aromatic heterocycles. The van der Waals surface area contributed by atoms with Crippen molar-refractivity contribution in [3.63, 3.8) is 0 Å². The molecule has 6 aliphatic carbocycles. The summed E-state index contributed by atoms with van der Waals surface area (Å²) in [5, 5.41) is 2.77. The maximum absolute atomic E-state index is 13.9. The zero-order valence-electron chi connectivity index (χ0n) is 36.1. The van der Waals surface area contributed by atoms with Gasteiger partial charge in [0.05, 0.1) is 49.0 Å². The van der Waals surface area contributed by atoms with Gasteiger partial charge in [-0.05, 0) is 158 Å². The van der Waals surface area contributed by atoms with Crippen molar-refractivity contribution >= 4 is 29.1 Å². The van der Waals surface area contributed by atoms with Crippen LogP contribution in [0.4, 0.5) is 4.79 Å². The highest BCUT2D eigenvalue weighted by Gasteiger charge is 2.54. The minimum absolute atomic E-state index is 0.0385. The zero-order valence-corrected chi connectivity index (χ0v) is 36.1. The average Bonchev–Trinajstić information content (AvgIpc) is 4.10. The molecule has 2 aliphatic heterocycles. The summed E-state index contributed by atoms with van der Waals surface area (Å²) >= 11 is 0. The Morgan fingerprint density at radius 1 is 0.733 bits per heavy atom. The molecule has 4 heterocycles. The number of carbonyl (C=O) groups is 3. The monoisotopic (exact) mass is 817 g/mol. The van der Waals surface area contributed by atoms with E-state index in [4.69, 9.17) is 20.4 Å². The minimum Gasteiger partial charge on any atom is -0.453 e. The molecule has 12 nitrogen and oxygen atoms in total. The van der Waals surface area contributed by atoms with E-state index in [0.29, 0.717) is 42.1 Å². The number of rotatable bonds is 10. The van der Waals surface area contributed by atoms with Gasteiger partial charge in [-0.1, -0.05) is 39.8 Å². The number of imidazole rings is 2. The van der Waals surface area contributed by atoms with E-state index < -0.39 is 18.2 Å². The number of nitrogens with one attached hydrogen (secondary N) is 3. The van der Waals surface area contributed by atoms with Gasteiger partial charge in [0.1, 0.15) is 17.7 Å². The number of alkyl carbamates (subject to hydrolysis) is 1. The normalized spacial score (nSPS) is 31.6. The molecule has 0 radical (unpaired) electrons. The van der Waals surface area contributed by atoms with Gasteiger partial charge in [0.15, 0.2) is 0 Å². The highest BCUT2D eigenvalue weighted by molar-refractivity contribution is 5.86. The number of fused-ring (bicyclic) bond motifs is 10. The summed E-state index contributed by atoms with van der Waals surface area (Å²) in [5.41, 5.74) is 17.9. The topological polar surface area (TPSA) is 162 Å². The molecule has 12 heteroatoms. The van der Waals surface area contributed by atoms with Crippen LogP contribution in [0.3, 0.4) is 0 Å². The van der Waals surface area contributed by atoms with Crippen LogP contribution in [-0.2, 0) is 14.3 Å². The number of ether oxygens (including phenoxy) is 1. The fraction of sp³-hybridized carbons (Fsp3) is 0.646. The van der Waals surface area contributed by atoms with Crippen LogP contribution in [0.5, 0.6) is 0 Å². The van der Waals surface area contributed by atoms with E-state index in [9.17, 15) is 14.4 Å². The molecule has 10 atom stereocenters. The molecule has 60 heavy (non-hydrogen) atoms. The number of nitrogens with two attached hydrogens (primary N) is 1. The van der Waals surface area contributed by atoms with Gasteiger partial charge in [-0.15, -0.1) is 0 Å². The van der Waals surface area contributed by atoms with Crippen LogP contribution >= 0.6 is 0 Å². The highest BCUT2D eigenvalue weighted by Crippen LogP contribution is 2.64. The van der Waals surface area contributed by atoms with E-state index in [0.717, 1.165) is 68.1 Å². The van der Waals surface area contributed by atoms with Crippen LogP contribution in [0.15, 0.2) is 46.8 Å². The number of carbonyl (C=O) groups excluding carboxylic acids is 3. The van der Waals surface area contributed by atoms with Gasteiger partial charge in [-0.3, -0.25) is 9.59 Å². The lowest BCUT2D eigenvalue weighted by molar-refractivity contribution is -0.136. The molecule has 2 aromatic rings. The fourth-order valence-corrected chi connectivity index (χ4v) is 13.3. The Bertz CT molecular complexity index is 2190. The average molecular weight is 817 g/mol. The predicted octanol–water partition coefficient (Wildman–Crippen LogP) is 7.78. The Labute approximate surface area is 354 Å². The van der Waals surface area contributed by atoms with Crippen molar-refractivity contribution in [3.05, 3.63) is 69.9 Å². The molecule has 10 rings (SSSR count). The Morgan fingerprint density at radius 2 is 1.30 bits per heavy atom. The van der Waals surface area contributed by atoms with Crippen molar-refractivity contribution in [1.82, 2.24) is 35.1 Å². The van der Waals surface area contributed by atoms with Gasteiger partial charge < -0.3 is 35.6 Å². The van der Waals surface area contributed by atoms with Gasteiger partial charge in [-0.2, -0.15) is 0 Å². The standard InChI is InChI=1S/C48H64N8O4/c1-24(2)42(49)46(57)55-18-6-8-36(55)44-50-22-34(52-44)32-16-14-30(38-26-10-12-28(20-26)40(32)38)31-15-17-33(41-29-13-11-27(21-29)39(31)41)35-23-51-45(53-35)37-9-7-19-56(37)47(58)43(25(3)4)54-48(59)60-5/h15,17,22-29,36-37,39,41-43H,6-14,16,18-21,49H2,1-5H3,(H,50,52)(H,51,53)(H,54,59). The molecule has 2 saturated heterocycles. The van der Waals surface area contributed by atoms with Crippen molar-refractivity contribution in [2.45, 2.75) is 129 Å². The Morgan fingerprint density at radius 3 is 1.93 bits per heavy atom. The third-order valence-corrected chi connectivity index (χ3v) is 16.2. The van der Waals surface area contributed by atoms with E-state index in [1.807, 2.05) is 43.7 Å². The van der Waals surface area contributed by atoms with Crippen LogP contribution in [0.2, 0.25) is 0 Å². The van der Waals surface area contributed by atoms with Gasteiger partial charge >= 0.3 is 6.09 Å². The first-order valence-electron chi connectivity index (χ1n) is 23.2. The number of aromatic nitrogens is 4. The molecule has 4 bridgehead atoms. The summed E-state index contributed by atoms with van der Waals surface area (Å²) in [5.74, 6) is 5.30. The number of H-pyrrole nitrogens is 2. The Kier molecular flexibility index (Phi) is 10.2. The van der Waals surface area contributed by atoms with Crippen molar-refractivity contribution in [2.24, 2.45) is 53.1 Å². The summed E-state index contributed by atoms with van der Waals surface area (Å²) in [6.45, 7) is 9.31. The summed E-state index contributed by atoms with van der Waals surface area (Å²) in [4.78, 5) is 60.7. The fourth-order valence-electron chi connectivity index (χ4n) is 13.3. The maximum atomic E-state index is 13.9. The largest absolute Gasteiger partial charge is 0.453 e. The number of aromatic amines is 2.